The molecule has 1 fully saturated rings. The van der Waals surface area contributed by atoms with Gasteiger partial charge in [-0.15, -0.1) is 0 Å². The minimum atomic E-state index is -0.231. The lowest BCUT2D eigenvalue weighted by Crippen LogP contribution is -2.36. The molecule has 154 valence electrons. The highest BCUT2D eigenvalue weighted by atomic mass is 79.9. The fraction of sp³-hybridized carbons (Fsp3) is 0.250. The number of allylic oxidation sites excluding steroid dienone is 2. The molecule has 0 saturated carbocycles. The number of hydrogen-bond donors (Lipinski definition) is 1. The zero-order valence-electron chi connectivity index (χ0n) is 16.7. The zero-order chi connectivity index (χ0) is 20.8. The van der Waals surface area contributed by atoms with Crippen molar-refractivity contribution in [1.82, 2.24) is 10.3 Å². The number of benzene rings is 2. The van der Waals surface area contributed by atoms with Gasteiger partial charge in [0, 0.05) is 23.3 Å². The van der Waals surface area contributed by atoms with Gasteiger partial charge in [0.05, 0.1) is 25.0 Å². The Morgan fingerprint density at radius 3 is 2.53 bits per heavy atom. The summed E-state index contributed by atoms with van der Waals surface area (Å²) < 4.78 is 6.29. The fourth-order valence-corrected chi connectivity index (χ4v) is 4.26. The molecule has 2 aliphatic rings. The van der Waals surface area contributed by atoms with Gasteiger partial charge in [-0.1, -0.05) is 42.5 Å². The highest BCUT2D eigenvalue weighted by molar-refractivity contribution is 9.10. The number of hydrogen-bond acceptors (Lipinski definition) is 4. The summed E-state index contributed by atoms with van der Waals surface area (Å²) in [5.74, 6) is -0.231. The Balaban J connectivity index is 1.57. The van der Waals surface area contributed by atoms with Crippen molar-refractivity contribution in [2.75, 3.05) is 26.3 Å². The summed E-state index contributed by atoms with van der Waals surface area (Å²) >= 11 is 3.41. The van der Waals surface area contributed by atoms with Crippen molar-refractivity contribution in [1.29, 1.82) is 0 Å². The Kier molecular flexibility index (Phi) is 6.77. The lowest BCUT2D eigenvalue weighted by atomic mass is 10.1. The third kappa shape index (κ3) is 4.89. The molecule has 0 aromatic heterocycles. The van der Waals surface area contributed by atoms with Gasteiger partial charge in [0.15, 0.2) is 0 Å². The molecule has 0 radical (unpaired) electrons. The smallest absolute Gasteiger partial charge is 0.272 e. The van der Waals surface area contributed by atoms with E-state index in [2.05, 4.69) is 61.7 Å². The molecule has 4 rings (SSSR count). The summed E-state index contributed by atoms with van der Waals surface area (Å²) in [6, 6.07) is 17.7. The molecule has 30 heavy (non-hydrogen) atoms. The fourth-order valence-electron chi connectivity index (χ4n) is 3.80. The molecule has 1 N–H and O–H groups in total. The number of halogens is 1. The molecule has 1 aliphatic carbocycles. The van der Waals surface area contributed by atoms with Crippen molar-refractivity contribution in [3.05, 3.63) is 87.0 Å². The van der Waals surface area contributed by atoms with E-state index < -0.39 is 0 Å². The molecular formula is C24H24BrN3O2. The quantitative estimate of drug-likeness (QED) is 0.517. The maximum atomic E-state index is 12.4. The minimum Gasteiger partial charge on any atom is -0.378 e. The standard InChI is InChI=1S/C24H24BrN3O2/c25-22-9-5-4-8-21(22)24(29)27-26-17-20-11-10-19(16-18-6-2-1-3-7-18)23(20)28-12-14-30-15-13-28/h1-9,16-17H,10-15H2,(H,27,29)/b19-16-,26-17+. The summed E-state index contributed by atoms with van der Waals surface area (Å²) in [6.07, 6.45) is 5.91. The summed E-state index contributed by atoms with van der Waals surface area (Å²) in [4.78, 5) is 14.8. The Morgan fingerprint density at radius 1 is 1.03 bits per heavy atom. The number of carbonyl (C=O) groups is 1. The number of ether oxygens (including phenoxy) is 1. The van der Waals surface area contributed by atoms with Crippen LogP contribution >= 0.6 is 15.9 Å². The molecule has 5 nitrogen and oxygen atoms in total. The number of amides is 1. The first-order chi connectivity index (χ1) is 14.7. The molecule has 0 unspecified atom stereocenters. The highest BCUT2D eigenvalue weighted by Gasteiger charge is 2.25. The Morgan fingerprint density at radius 2 is 1.77 bits per heavy atom. The third-order valence-corrected chi connectivity index (χ3v) is 5.94. The van der Waals surface area contributed by atoms with Crippen LogP contribution in [0.25, 0.3) is 6.08 Å². The summed E-state index contributed by atoms with van der Waals surface area (Å²) in [5, 5.41) is 4.27. The minimum absolute atomic E-state index is 0.231. The number of rotatable bonds is 5. The van der Waals surface area contributed by atoms with Crippen LogP contribution in [0.4, 0.5) is 0 Å². The van der Waals surface area contributed by atoms with E-state index in [1.54, 1.807) is 12.3 Å². The second-order valence-electron chi connectivity index (χ2n) is 7.23. The average Bonchev–Trinajstić information content (AvgIpc) is 3.17. The lowest BCUT2D eigenvalue weighted by Gasteiger charge is -2.31. The maximum absolute atomic E-state index is 12.4. The second-order valence-corrected chi connectivity index (χ2v) is 8.09. The topological polar surface area (TPSA) is 53.9 Å². The molecule has 1 saturated heterocycles. The third-order valence-electron chi connectivity index (χ3n) is 5.24. The van der Waals surface area contributed by atoms with Crippen LogP contribution < -0.4 is 5.43 Å². The molecule has 2 aromatic rings. The first-order valence-electron chi connectivity index (χ1n) is 10.1. The molecule has 0 spiro atoms. The van der Waals surface area contributed by atoms with Crippen LogP contribution in [0.5, 0.6) is 0 Å². The number of morpholine rings is 1. The number of carbonyl (C=O) groups excluding carboxylic acids is 1. The van der Waals surface area contributed by atoms with Crippen LogP contribution in [0.2, 0.25) is 0 Å². The number of nitrogens with zero attached hydrogens (tertiary/aromatic N) is 2. The van der Waals surface area contributed by atoms with E-state index in [0.29, 0.717) is 5.56 Å². The van der Waals surface area contributed by atoms with Gasteiger partial charge in [-0.25, -0.2) is 5.43 Å². The zero-order valence-corrected chi connectivity index (χ0v) is 18.3. The van der Waals surface area contributed by atoms with E-state index in [-0.39, 0.29) is 5.91 Å². The SMILES string of the molecule is O=C(N/N=C/C1=C(N2CCOCC2)C(=C\c2ccccc2)/CC1)c1ccccc1Br. The summed E-state index contributed by atoms with van der Waals surface area (Å²) in [7, 11) is 0. The van der Waals surface area contributed by atoms with Gasteiger partial charge >= 0.3 is 0 Å². The van der Waals surface area contributed by atoms with E-state index in [0.717, 1.165) is 49.2 Å². The molecule has 1 amide bonds. The molecule has 2 aromatic carbocycles. The van der Waals surface area contributed by atoms with Crippen LogP contribution in [0.3, 0.4) is 0 Å². The highest BCUT2D eigenvalue weighted by Crippen LogP contribution is 2.35. The Bertz CT molecular complexity index is 993. The summed E-state index contributed by atoms with van der Waals surface area (Å²) in [5.41, 5.74) is 8.09. The van der Waals surface area contributed by atoms with Crippen LogP contribution in [-0.4, -0.2) is 43.3 Å². The van der Waals surface area contributed by atoms with E-state index in [4.69, 9.17) is 4.74 Å². The monoisotopic (exact) mass is 465 g/mol. The molecular weight excluding hydrogens is 442 g/mol. The largest absolute Gasteiger partial charge is 0.378 e. The van der Waals surface area contributed by atoms with Crippen molar-refractivity contribution in [3.8, 4) is 0 Å². The van der Waals surface area contributed by atoms with Gasteiger partial charge in [0.25, 0.3) is 5.91 Å². The van der Waals surface area contributed by atoms with Gasteiger partial charge < -0.3 is 9.64 Å². The van der Waals surface area contributed by atoms with Crippen molar-refractivity contribution in [3.63, 3.8) is 0 Å². The van der Waals surface area contributed by atoms with Gasteiger partial charge in [-0.05, 0) is 63.7 Å². The predicted molar refractivity (Wildman–Crippen MR) is 123 cm³/mol. The molecule has 1 heterocycles. The van der Waals surface area contributed by atoms with E-state index in [1.165, 1.54) is 16.8 Å². The van der Waals surface area contributed by atoms with Crippen LogP contribution in [0.1, 0.15) is 28.8 Å². The van der Waals surface area contributed by atoms with Crippen LogP contribution in [0, 0.1) is 0 Å². The molecule has 0 atom stereocenters. The van der Waals surface area contributed by atoms with Crippen molar-refractivity contribution >= 4 is 34.1 Å². The van der Waals surface area contributed by atoms with E-state index in [1.807, 2.05) is 24.3 Å². The lowest BCUT2D eigenvalue weighted by molar-refractivity contribution is 0.0548. The van der Waals surface area contributed by atoms with E-state index in [9.17, 15) is 4.79 Å². The van der Waals surface area contributed by atoms with E-state index >= 15 is 0 Å². The Hall–Kier alpha value is -2.70. The van der Waals surface area contributed by atoms with Gasteiger partial charge in [-0.2, -0.15) is 5.10 Å². The van der Waals surface area contributed by atoms with Crippen molar-refractivity contribution in [2.24, 2.45) is 5.10 Å². The van der Waals surface area contributed by atoms with Crippen molar-refractivity contribution in [2.45, 2.75) is 12.8 Å². The number of hydrazone groups is 1. The predicted octanol–water partition coefficient (Wildman–Crippen LogP) is 4.63. The van der Waals surface area contributed by atoms with Crippen LogP contribution in [0.15, 0.2) is 81.0 Å². The first-order valence-corrected chi connectivity index (χ1v) is 10.9. The average molecular weight is 466 g/mol. The number of nitrogens with one attached hydrogen (secondary N) is 1. The maximum Gasteiger partial charge on any atom is 0.272 e. The van der Waals surface area contributed by atoms with Gasteiger partial charge in [0.2, 0.25) is 0 Å². The van der Waals surface area contributed by atoms with Gasteiger partial charge in [-0.3, -0.25) is 4.79 Å². The first kappa shape index (κ1) is 20.6. The summed E-state index contributed by atoms with van der Waals surface area (Å²) in [6.45, 7) is 3.18. The second kappa shape index (κ2) is 9.87. The Labute approximate surface area is 185 Å². The molecule has 6 heteroatoms. The molecule has 1 aliphatic heterocycles. The normalized spacial score (nSPS) is 18.4. The van der Waals surface area contributed by atoms with Crippen LogP contribution in [-0.2, 0) is 4.74 Å². The molecule has 0 bridgehead atoms. The van der Waals surface area contributed by atoms with Gasteiger partial charge in [0.1, 0.15) is 0 Å². The van der Waals surface area contributed by atoms with Crippen molar-refractivity contribution < 1.29 is 9.53 Å².